The van der Waals surface area contributed by atoms with Crippen molar-refractivity contribution in [1.82, 2.24) is 14.8 Å². The molecule has 0 aliphatic carbocycles. The van der Waals surface area contributed by atoms with Crippen molar-refractivity contribution >= 4 is 23.7 Å². The minimum atomic E-state index is 0.621. The van der Waals surface area contributed by atoms with Crippen LogP contribution in [0.25, 0.3) is 22.9 Å². The summed E-state index contributed by atoms with van der Waals surface area (Å²) < 4.78 is 2.06. The second-order valence-electron chi connectivity index (χ2n) is 6.03. The molecule has 1 N–H and O–H groups in total. The average Bonchev–Trinajstić information content (AvgIpc) is 3.27. The molecule has 0 spiro atoms. The maximum Gasteiger partial charge on any atom is 0.141 e. The first-order valence-corrected chi connectivity index (χ1v) is 8.95. The van der Waals surface area contributed by atoms with Gasteiger partial charge >= 0.3 is 0 Å². The van der Waals surface area contributed by atoms with Gasteiger partial charge in [0, 0.05) is 42.3 Å². The Morgan fingerprint density at radius 2 is 2.30 bits per heavy atom. The first-order chi connectivity index (χ1) is 13.2. The predicted octanol–water partition coefficient (Wildman–Crippen LogP) is 4.50. The Kier molecular flexibility index (Phi) is 5.68. The molecule has 0 bridgehead atoms. The monoisotopic (exact) mass is 357 g/mol. The van der Waals surface area contributed by atoms with E-state index in [0.717, 1.165) is 47.6 Å². The number of fused-ring (bicyclic) bond motifs is 1. The first kappa shape index (κ1) is 18.4. The lowest BCUT2D eigenvalue weighted by Gasteiger charge is -2.14. The highest BCUT2D eigenvalue weighted by Gasteiger charge is 2.27. The number of aliphatic imine (C=N–C) groups is 1. The fourth-order valence-corrected chi connectivity index (χ4v) is 3.35. The van der Waals surface area contributed by atoms with Gasteiger partial charge in [-0.25, -0.2) is 0 Å². The number of aromatic nitrogens is 3. The Bertz CT molecular complexity index is 996. The average molecular weight is 357 g/mol. The predicted molar refractivity (Wildman–Crippen MR) is 113 cm³/mol. The van der Waals surface area contributed by atoms with Crippen molar-refractivity contribution in [2.75, 3.05) is 11.9 Å². The Morgan fingerprint density at radius 3 is 3.00 bits per heavy atom. The van der Waals surface area contributed by atoms with Crippen LogP contribution in [0, 0.1) is 0 Å². The van der Waals surface area contributed by atoms with Crippen LogP contribution in [0.4, 0.5) is 5.69 Å². The van der Waals surface area contributed by atoms with E-state index in [1.165, 1.54) is 5.69 Å². The van der Waals surface area contributed by atoms with Crippen molar-refractivity contribution in [2.24, 2.45) is 4.99 Å². The van der Waals surface area contributed by atoms with Gasteiger partial charge in [-0.15, -0.1) is 6.58 Å². The summed E-state index contributed by atoms with van der Waals surface area (Å²) in [5.74, 6) is 0. The molecule has 0 atom stereocenters. The molecule has 0 saturated carbocycles. The van der Waals surface area contributed by atoms with Crippen LogP contribution in [0.15, 0.2) is 54.5 Å². The van der Waals surface area contributed by atoms with Crippen molar-refractivity contribution in [3.05, 3.63) is 66.6 Å². The first-order valence-electron chi connectivity index (χ1n) is 8.95. The zero-order valence-electron chi connectivity index (χ0n) is 15.6. The molecule has 0 amide bonds. The van der Waals surface area contributed by atoms with Crippen LogP contribution in [0.3, 0.4) is 0 Å². The van der Waals surface area contributed by atoms with Crippen LogP contribution >= 0.6 is 0 Å². The SMILES string of the molecule is C=C=C=C(/N=C\C)c1nn2c(c1-c1ccnc(C=C)c1NCC=C)CCC2. The van der Waals surface area contributed by atoms with E-state index >= 15 is 0 Å². The summed E-state index contributed by atoms with van der Waals surface area (Å²) in [6.45, 7) is 14.7. The van der Waals surface area contributed by atoms with Crippen LogP contribution in [0.1, 0.15) is 30.4 Å². The van der Waals surface area contributed by atoms with Crippen LogP contribution in [-0.4, -0.2) is 27.5 Å². The molecule has 136 valence electrons. The van der Waals surface area contributed by atoms with Crippen LogP contribution in [0.2, 0.25) is 0 Å². The van der Waals surface area contributed by atoms with Gasteiger partial charge in [-0.2, -0.15) is 5.10 Å². The molecule has 3 rings (SSSR count). The van der Waals surface area contributed by atoms with E-state index in [0.29, 0.717) is 12.2 Å². The van der Waals surface area contributed by atoms with Gasteiger partial charge in [-0.1, -0.05) is 18.4 Å². The number of rotatable bonds is 7. The van der Waals surface area contributed by atoms with Gasteiger partial charge in [0.15, 0.2) is 0 Å². The zero-order valence-corrected chi connectivity index (χ0v) is 15.6. The van der Waals surface area contributed by atoms with Crippen molar-refractivity contribution < 1.29 is 0 Å². The van der Waals surface area contributed by atoms with E-state index in [1.54, 1.807) is 18.5 Å². The van der Waals surface area contributed by atoms with Gasteiger partial charge in [0.1, 0.15) is 11.4 Å². The third-order valence-corrected chi connectivity index (χ3v) is 4.40. The molecule has 3 heterocycles. The largest absolute Gasteiger partial charge is 0.379 e. The van der Waals surface area contributed by atoms with Crippen molar-refractivity contribution in [1.29, 1.82) is 0 Å². The molecule has 2 aromatic heterocycles. The third-order valence-electron chi connectivity index (χ3n) is 4.40. The zero-order chi connectivity index (χ0) is 19.2. The highest BCUT2D eigenvalue weighted by atomic mass is 15.3. The van der Waals surface area contributed by atoms with Gasteiger partial charge in [-0.05, 0) is 44.2 Å². The summed E-state index contributed by atoms with van der Waals surface area (Å²) in [7, 11) is 0. The van der Waals surface area contributed by atoms with E-state index in [9.17, 15) is 0 Å². The number of nitrogens with zero attached hydrogens (tertiary/aromatic N) is 4. The molecule has 27 heavy (non-hydrogen) atoms. The Labute approximate surface area is 159 Å². The molecule has 5 nitrogen and oxygen atoms in total. The summed E-state index contributed by atoms with van der Waals surface area (Å²) in [6.07, 6.45) is 9.15. The summed E-state index contributed by atoms with van der Waals surface area (Å²) >= 11 is 0. The Hall–Kier alpha value is -3.39. The van der Waals surface area contributed by atoms with Crippen LogP contribution in [0.5, 0.6) is 0 Å². The number of nitrogens with one attached hydrogen (secondary N) is 1. The molecular formula is C22H23N5. The van der Waals surface area contributed by atoms with Gasteiger partial charge in [0.25, 0.3) is 0 Å². The summed E-state index contributed by atoms with van der Waals surface area (Å²) in [6, 6.07) is 2.00. The van der Waals surface area contributed by atoms with Gasteiger partial charge < -0.3 is 5.32 Å². The number of hydrogen-bond acceptors (Lipinski definition) is 4. The molecule has 0 saturated heterocycles. The van der Waals surface area contributed by atoms with E-state index in [2.05, 4.69) is 51.2 Å². The summed E-state index contributed by atoms with van der Waals surface area (Å²) in [5.41, 5.74) is 12.1. The number of aryl methyl sites for hydroxylation is 1. The van der Waals surface area contributed by atoms with Gasteiger partial charge in [-0.3, -0.25) is 14.7 Å². The number of anilines is 1. The summed E-state index contributed by atoms with van der Waals surface area (Å²) in [5, 5.41) is 8.23. The topological polar surface area (TPSA) is 55.1 Å². The molecule has 0 fully saturated rings. The molecule has 1 aliphatic heterocycles. The van der Waals surface area contributed by atoms with Crippen molar-refractivity contribution in [3.63, 3.8) is 0 Å². The highest BCUT2D eigenvalue weighted by Crippen LogP contribution is 2.40. The molecule has 0 aromatic carbocycles. The molecule has 1 aliphatic rings. The lowest BCUT2D eigenvalue weighted by atomic mass is 9.98. The second-order valence-corrected chi connectivity index (χ2v) is 6.03. The highest BCUT2D eigenvalue weighted by molar-refractivity contribution is 5.90. The quantitative estimate of drug-likeness (QED) is 0.451. The molecule has 5 heteroatoms. The fourth-order valence-electron chi connectivity index (χ4n) is 3.35. The van der Waals surface area contributed by atoms with Gasteiger partial charge in [0.05, 0.1) is 11.4 Å². The smallest absolute Gasteiger partial charge is 0.141 e. The molecule has 2 aromatic rings. The van der Waals surface area contributed by atoms with Crippen LogP contribution < -0.4 is 5.32 Å². The van der Waals surface area contributed by atoms with Gasteiger partial charge in [0.2, 0.25) is 0 Å². The fraction of sp³-hybridized carbons (Fsp3) is 0.227. The molecular weight excluding hydrogens is 334 g/mol. The molecule has 0 radical (unpaired) electrons. The lowest BCUT2D eigenvalue weighted by molar-refractivity contribution is 0.654. The lowest BCUT2D eigenvalue weighted by Crippen LogP contribution is -2.04. The Morgan fingerprint density at radius 1 is 1.44 bits per heavy atom. The van der Waals surface area contributed by atoms with Crippen molar-refractivity contribution in [2.45, 2.75) is 26.3 Å². The summed E-state index contributed by atoms with van der Waals surface area (Å²) in [4.78, 5) is 8.89. The van der Waals surface area contributed by atoms with E-state index in [-0.39, 0.29) is 0 Å². The Balaban J connectivity index is 2.32. The van der Waals surface area contributed by atoms with E-state index in [4.69, 9.17) is 5.10 Å². The minimum absolute atomic E-state index is 0.621. The minimum Gasteiger partial charge on any atom is -0.379 e. The number of hydrogen-bond donors (Lipinski definition) is 1. The van der Waals surface area contributed by atoms with E-state index in [1.807, 2.05) is 19.1 Å². The standard InChI is InChI=1S/C22H23N5/c1-5-10-18(23-8-4)22-20(19-11-9-15-27(19)26-22)16-12-14-24-17(7-3)21(16)25-13-6-2/h6-8,12,14,25H,1-3,9,11,13,15H2,4H3/b23-8-. The van der Waals surface area contributed by atoms with Crippen LogP contribution in [-0.2, 0) is 13.0 Å². The van der Waals surface area contributed by atoms with E-state index < -0.39 is 0 Å². The second kappa shape index (κ2) is 8.33. The van der Waals surface area contributed by atoms with Crippen molar-refractivity contribution in [3.8, 4) is 11.1 Å². The third kappa shape index (κ3) is 3.47. The number of pyridine rings is 1. The normalized spacial score (nSPS) is 12.3. The molecule has 0 unspecified atom stereocenters. The maximum absolute atomic E-state index is 4.82. The maximum atomic E-state index is 4.82.